The highest BCUT2D eigenvalue weighted by Crippen LogP contribution is 2.31. The van der Waals surface area contributed by atoms with Crippen molar-refractivity contribution in [3.8, 4) is 0 Å². The monoisotopic (exact) mass is 276 g/mol. The van der Waals surface area contributed by atoms with Crippen molar-refractivity contribution in [2.45, 2.75) is 78.7 Å². The highest BCUT2D eigenvalue weighted by Gasteiger charge is 2.37. The first-order chi connectivity index (χ1) is 9.41. The van der Waals surface area contributed by atoms with Gasteiger partial charge < -0.3 is 4.74 Å². The number of hydrogen-bond donors (Lipinski definition) is 0. The Kier molecular flexibility index (Phi) is 7.29. The molecule has 0 saturated carbocycles. The van der Waals surface area contributed by atoms with E-state index in [0.717, 1.165) is 13.0 Å². The van der Waals surface area contributed by atoms with Gasteiger partial charge in [0.15, 0.2) is 0 Å². The first kappa shape index (κ1) is 17.2. The molecule has 20 heavy (non-hydrogen) atoms. The van der Waals surface area contributed by atoms with E-state index in [2.05, 4.69) is 52.8 Å². The summed E-state index contributed by atoms with van der Waals surface area (Å²) in [6.07, 6.45) is 14.2. The van der Waals surface area contributed by atoms with Gasteiger partial charge in [-0.15, -0.1) is 0 Å². The van der Waals surface area contributed by atoms with Gasteiger partial charge in [0.05, 0.1) is 12.2 Å². The van der Waals surface area contributed by atoms with Crippen LogP contribution in [0.5, 0.6) is 0 Å². The van der Waals surface area contributed by atoms with Crippen molar-refractivity contribution < 1.29 is 4.74 Å². The Bertz CT molecular complexity index is 377. The van der Waals surface area contributed by atoms with E-state index in [1.165, 1.54) is 48.8 Å². The molecule has 0 aromatic carbocycles. The minimum Gasteiger partial charge on any atom is -0.370 e. The predicted octanol–water partition coefficient (Wildman–Crippen LogP) is 5.97. The molecule has 0 amide bonds. The fourth-order valence-electron chi connectivity index (χ4n) is 2.23. The topological polar surface area (TPSA) is 12.5 Å². The van der Waals surface area contributed by atoms with Crippen LogP contribution in [0.15, 0.2) is 34.9 Å². The van der Waals surface area contributed by atoms with Gasteiger partial charge in [0.2, 0.25) is 0 Å². The van der Waals surface area contributed by atoms with Crippen LogP contribution in [0.3, 0.4) is 0 Å². The van der Waals surface area contributed by atoms with Gasteiger partial charge in [-0.2, -0.15) is 0 Å². The maximum absolute atomic E-state index is 5.40. The Morgan fingerprint density at radius 3 is 1.90 bits per heavy atom. The number of ether oxygens (including phenoxy) is 1. The molecular formula is C19H32O. The molecule has 1 atom stereocenters. The third kappa shape index (κ3) is 8.37. The lowest BCUT2D eigenvalue weighted by Gasteiger charge is -2.03. The van der Waals surface area contributed by atoms with Crippen molar-refractivity contribution in [1.29, 1.82) is 0 Å². The molecule has 1 fully saturated rings. The molecule has 0 aliphatic carbocycles. The SMILES string of the molecule is CC(C)=CCC/C(C)=C/CC/C(C)=C/CC[C@@]1(C)CO1. The van der Waals surface area contributed by atoms with Crippen LogP contribution in [-0.2, 0) is 4.74 Å². The van der Waals surface area contributed by atoms with Gasteiger partial charge in [-0.3, -0.25) is 0 Å². The lowest BCUT2D eigenvalue weighted by molar-refractivity contribution is 0.310. The van der Waals surface area contributed by atoms with Crippen molar-refractivity contribution in [3.63, 3.8) is 0 Å². The Morgan fingerprint density at radius 2 is 1.40 bits per heavy atom. The molecule has 0 bridgehead atoms. The molecule has 1 saturated heterocycles. The molecule has 1 rings (SSSR count). The summed E-state index contributed by atoms with van der Waals surface area (Å²) in [5, 5.41) is 0. The Balaban J connectivity index is 2.14. The Labute approximate surface area is 125 Å². The van der Waals surface area contributed by atoms with Crippen LogP contribution in [0.25, 0.3) is 0 Å². The van der Waals surface area contributed by atoms with E-state index in [9.17, 15) is 0 Å². The minimum absolute atomic E-state index is 0.207. The van der Waals surface area contributed by atoms with Crippen LogP contribution in [0.2, 0.25) is 0 Å². The number of epoxide rings is 1. The molecule has 0 unspecified atom stereocenters. The molecule has 1 nitrogen and oxygen atoms in total. The lowest BCUT2D eigenvalue weighted by atomic mass is 10.0. The predicted molar refractivity (Wildman–Crippen MR) is 89.0 cm³/mol. The summed E-state index contributed by atoms with van der Waals surface area (Å²) < 4.78 is 5.40. The second-order valence-corrected chi connectivity index (χ2v) is 6.74. The summed E-state index contributed by atoms with van der Waals surface area (Å²) in [5.74, 6) is 0. The average molecular weight is 276 g/mol. The van der Waals surface area contributed by atoms with Crippen LogP contribution in [0.1, 0.15) is 73.1 Å². The number of rotatable bonds is 9. The Hall–Kier alpha value is -0.820. The molecular weight excluding hydrogens is 244 g/mol. The standard InChI is InChI=1S/C19H32O/c1-16(2)9-6-10-17(3)11-7-12-18(4)13-8-14-19(5)15-20-19/h9,11,13H,6-8,10,12,14-15H2,1-5H3/b17-11+,18-13+/t19-/m0/s1. The lowest BCUT2D eigenvalue weighted by Crippen LogP contribution is -2.02. The molecule has 0 spiro atoms. The van der Waals surface area contributed by atoms with E-state index in [4.69, 9.17) is 4.74 Å². The maximum Gasteiger partial charge on any atom is 0.0891 e. The zero-order valence-corrected chi connectivity index (χ0v) is 14.1. The van der Waals surface area contributed by atoms with Gasteiger partial charge in [0, 0.05) is 0 Å². The van der Waals surface area contributed by atoms with E-state index < -0.39 is 0 Å². The molecule has 1 heteroatoms. The van der Waals surface area contributed by atoms with Gasteiger partial charge in [0.25, 0.3) is 0 Å². The van der Waals surface area contributed by atoms with Crippen molar-refractivity contribution in [2.24, 2.45) is 0 Å². The van der Waals surface area contributed by atoms with Crippen molar-refractivity contribution in [2.75, 3.05) is 6.61 Å². The van der Waals surface area contributed by atoms with Gasteiger partial charge in [-0.05, 0) is 73.1 Å². The van der Waals surface area contributed by atoms with E-state index in [1.54, 1.807) is 0 Å². The third-order valence-electron chi connectivity index (χ3n) is 3.93. The number of allylic oxidation sites excluding steroid dienone is 6. The quantitative estimate of drug-likeness (QED) is 0.373. The van der Waals surface area contributed by atoms with Gasteiger partial charge in [0.1, 0.15) is 0 Å². The molecule has 1 aliphatic rings. The van der Waals surface area contributed by atoms with Crippen LogP contribution in [0, 0.1) is 0 Å². The minimum atomic E-state index is 0.207. The van der Waals surface area contributed by atoms with Gasteiger partial charge >= 0.3 is 0 Å². The molecule has 0 radical (unpaired) electrons. The zero-order valence-electron chi connectivity index (χ0n) is 14.1. The van der Waals surface area contributed by atoms with E-state index >= 15 is 0 Å². The van der Waals surface area contributed by atoms with Gasteiger partial charge in [-0.1, -0.05) is 34.9 Å². The zero-order chi connectivity index (χ0) is 15.0. The second kappa shape index (κ2) is 8.46. The third-order valence-corrected chi connectivity index (χ3v) is 3.93. The van der Waals surface area contributed by atoms with E-state index in [-0.39, 0.29) is 5.60 Å². The Morgan fingerprint density at radius 1 is 0.900 bits per heavy atom. The first-order valence-corrected chi connectivity index (χ1v) is 8.00. The largest absolute Gasteiger partial charge is 0.370 e. The van der Waals surface area contributed by atoms with Crippen molar-refractivity contribution >= 4 is 0 Å². The van der Waals surface area contributed by atoms with Crippen LogP contribution < -0.4 is 0 Å². The summed E-state index contributed by atoms with van der Waals surface area (Å²) >= 11 is 0. The molecule has 0 N–H and O–H groups in total. The van der Waals surface area contributed by atoms with Crippen LogP contribution in [0.4, 0.5) is 0 Å². The first-order valence-electron chi connectivity index (χ1n) is 8.00. The summed E-state index contributed by atoms with van der Waals surface area (Å²) in [4.78, 5) is 0. The molecule has 0 aromatic rings. The maximum atomic E-state index is 5.40. The summed E-state index contributed by atoms with van der Waals surface area (Å²) in [5.41, 5.74) is 4.67. The normalized spacial score (nSPS) is 22.9. The highest BCUT2D eigenvalue weighted by molar-refractivity contribution is 5.05. The average Bonchev–Trinajstić information content (AvgIpc) is 3.07. The molecule has 1 aliphatic heterocycles. The highest BCUT2D eigenvalue weighted by atomic mass is 16.6. The van der Waals surface area contributed by atoms with E-state index in [1.807, 2.05) is 0 Å². The van der Waals surface area contributed by atoms with Crippen LogP contribution in [-0.4, -0.2) is 12.2 Å². The molecule has 1 heterocycles. The second-order valence-electron chi connectivity index (χ2n) is 6.74. The summed E-state index contributed by atoms with van der Waals surface area (Å²) in [6.45, 7) is 12.0. The van der Waals surface area contributed by atoms with Crippen molar-refractivity contribution in [3.05, 3.63) is 34.9 Å². The van der Waals surface area contributed by atoms with Gasteiger partial charge in [-0.25, -0.2) is 0 Å². The van der Waals surface area contributed by atoms with Crippen molar-refractivity contribution in [1.82, 2.24) is 0 Å². The van der Waals surface area contributed by atoms with Crippen LogP contribution >= 0.6 is 0 Å². The fraction of sp³-hybridized carbons (Fsp3) is 0.684. The summed E-state index contributed by atoms with van der Waals surface area (Å²) in [6, 6.07) is 0. The molecule has 0 aromatic heterocycles. The fourth-order valence-corrected chi connectivity index (χ4v) is 2.23. The van der Waals surface area contributed by atoms with E-state index in [0.29, 0.717) is 0 Å². The number of hydrogen-bond acceptors (Lipinski definition) is 1. The molecule has 114 valence electrons. The smallest absolute Gasteiger partial charge is 0.0891 e. The summed E-state index contributed by atoms with van der Waals surface area (Å²) in [7, 11) is 0.